The first-order valence-electron chi connectivity index (χ1n) is 20.2. The summed E-state index contributed by atoms with van der Waals surface area (Å²) in [4.78, 5) is 20.7. The Kier molecular flexibility index (Phi) is 15.5. The maximum absolute atomic E-state index is 11.9. The number of nitrogens with zero attached hydrogens (tertiary/aromatic N) is 2. The van der Waals surface area contributed by atoms with Crippen LogP contribution < -0.4 is 0 Å². The van der Waals surface area contributed by atoms with Crippen molar-refractivity contribution >= 4 is 27.3 Å². The number of aliphatic hydroxyl groups is 1. The molecule has 1 radical (unpaired) electrons. The molecular weight excluding hydrogens is 853 g/mol. The number of benzene rings is 4. The quantitative estimate of drug-likeness (QED) is 0.0892. The zero-order valence-electron chi connectivity index (χ0n) is 36.5. The van der Waals surface area contributed by atoms with Crippen LogP contribution >= 0.6 is 0 Å². The molecule has 0 spiro atoms. The van der Waals surface area contributed by atoms with Gasteiger partial charge < -0.3 is 15.1 Å². The SMILES string of the molecule is CCC(CC)C(=O)/C=C(\O)C(C)(CC)CC.Cc1[c-]c(-c2nccc3cc(C)ccc23)cc(C)c1.[2H]c1nc(-c2[c-]c(C)cc(C)c2)c2ccc(C)cc2c1[2H].[Ir]. The first kappa shape index (κ1) is 41.7. The summed E-state index contributed by atoms with van der Waals surface area (Å²) in [6.07, 6.45) is 6.72. The molecule has 0 bridgehead atoms. The number of aryl methyl sites for hydroxylation is 6. The molecule has 0 aliphatic heterocycles. The minimum Gasteiger partial charge on any atom is -0.512 e. The molecule has 6 rings (SSSR count). The number of hydrogen-bond acceptors (Lipinski definition) is 4. The van der Waals surface area contributed by atoms with Crippen molar-refractivity contribution in [2.75, 3.05) is 0 Å². The van der Waals surface area contributed by atoms with Crippen LogP contribution in [-0.4, -0.2) is 20.9 Å². The number of aromatic nitrogens is 2. The summed E-state index contributed by atoms with van der Waals surface area (Å²) in [6.45, 7) is 22.4. The molecule has 4 aromatic carbocycles. The van der Waals surface area contributed by atoms with Gasteiger partial charge in [-0.25, -0.2) is 0 Å². The fourth-order valence-corrected chi connectivity index (χ4v) is 6.67. The number of aliphatic hydroxyl groups excluding tert-OH is 1. The second kappa shape index (κ2) is 20.5. The van der Waals surface area contributed by atoms with E-state index in [1.807, 2.05) is 85.9 Å². The predicted molar refractivity (Wildman–Crippen MR) is 229 cm³/mol. The largest absolute Gasteiger partial charge is 0.512 e. The second-order valence-corrected chi connectivity index (χ2v) is 14.9. The molecule has 55 heavy (non-hydrogen) atoms. The zero-order valence-corrected chi connectivity index (χ0v) is 36.9. The van der Waals surface area contributed by atoms with E-state index in [4.69, 9.17) is 2.74 Å². The number of carbonyl (C=O) groups excluding carboxylic acids is 1. The Hall–Kier alpha value is -4.44. The van der Waals surface area contributed by atoms with E-state index in [1.54, 1.807) is 0 Å². The van der Waals surface area contributed by atoms with Crippen LogP contribution in [0.3, 0.4) is 0 Å². The molecule has 0 aliphatic carbocycles. The number of ketones is 1. The molecule has 2 aromatic heterocycles. The first-order valence-corrected chi connectivity index (χ1v) is 19.2. The molecular formula is C50H58IrN2O2-2. The molecule has 4 nitrogen and oxygen atoms in total. The molecule has 0 fully saturated rings. The van der Waals surface area contributed by atoms with Gasteiger partial charge in [-0.05, 0) is 84.6 Å². The van der Waals surface area contributed by atoms with E-state index >= 15 is 0 Å². The Labute approximate surface area is 346 Å². The molecule has 5 heteroatoms. The van der Waals surface area contributed by atoms with E-state index < -0.39 is 0 Å². The monoisotopic (exact) mass is 913 g/mol. The van der Waals surface area contributed by atoms with Gasteiger partial charge in [-0.1, -0.05) is 110 Å². The minimum absolute atomic E-state index is 0. The van der Waals surface area contributed by atoms with E-state index in [2.05, 4.69) is 85.3 Å². The minimum atomic E-state index is -0.248. The smallest absolute Gasteiger partial charge is 0.162 e. The molecule has 0 saturated heterocycles. The standard InChI is InChI=1S/2C18H16N.C14H26O2.Ir/c2*1-12-4-5-17-15(9-12)6-7-19-18(17)16-10-13(2)8-14(3)11-16;1-6-11(7-2)12(15)10-13(16)14(5,8-3)9-4;/h2*4-10H,1-3H3;10-11,16H,6-9H2,1-5H3;/q2*-1;;/b;;13-10-;/i6D,7D;;;. The van der Waals surface area contributed by atoms with Gasteiger partial charge in [0.1, 0.15) is 5.76 Å². The van der Waals surface area contributed by atoms with Gasteiger partial charge in [0, 0.05) is 49.9 Å². The third kappa shape index (κ3) is 11.8. The second-order valence-electron chi connectivity index (χ2n) is 14.9. The Balaban J connectivity index is 0.000000230. The van der Waals surface area contributed by atoms with Crippen molar-refractivity contribution < 1.29 is 32.7 Å². The van der Waals surface area contributed by atoms with E-state index in [1.165, 1.54) is 28.0 Å². The maximum atomic E-state index is 11.9. The summed E-state index contributed by atoms with van der Waals surface area (Å²) in [5.74, 6) is 0.366. The molecule has 0 aliphatic rings. The Morgan fingerprint density at radius 2 is 1.22 bits per heavy atom. The summed E-state index contributed by atoms with van der Waals surface area (Å²) < 4.78 is 16.0. The van der Waals surface area contributed by atoms with Crippen molar-refractivity contribution in [2.45, 2.75) is 102 Å². The average Bonchev–Trinajstić information content (AvgIpc) is 3.15. The number of carbonyl (C=O) groups is 1. The topological polar surface area (TPSA) is 63.1 Å². The third-order valence-electron chi connectivity index (χ3n) is 10.4. The van der Waals surface area contributed by atoms with Crippen LogP contribution in [0.25, 0.3) is 44.1 Å². The van der Waals surface area contributed by atoms with Crippen molar-refractivity contribution in [3.8, 4) is 22.5 Å². The number of fused-ring (bicyclic) bond motifs is 2. The van der Waals surface area contributed by atoms with Gasteiger partial charge in [0.05, 0.1) is 2.74 Å². The van der Waals surface area contributed by atoms with Crippen molar-refractivity contribution in [1.82, 2.24) is 9.97 Å². The summed E-state index contributed by atoms with van der Waals surface area (Å²) in [7, 11) is 0. The van der Waals surface area contributed by atoms with E-state index in [0.29, 0.717) is 0 Å². The van der Waals surface area contributed by atoms with E-state index in [9.17, 15) is 9.90 Å². The van der Waals surface area contributed by atoms with Crippen LogP contribution in [0.4, 0.5) is 0 Å². The molecule has 0 unspecified atom stereocenters. The molecule has 6 aromatic rings. The predicted octanol–water partition coefficient (Wildman–Crippen LogP) is 13.5. The molecule has 1 N–H and O–H groups in total. The number of hydrogen-bond donors (Lipinski definition) is 1. The summed E-state index contributed by atoms with van der Waals surface area (Å²) in [5, 5.41) is 14.1. The van der Waals surface area contributed by atoms with Crippen molar-refractivity contribution in [1.29, 1.82) is 0 Å². The fraction of sp³-hybridized carbons (Fsp3) is 0.340. The Morgan fingerprint density at radius 1 is 0.727 bits per heavy atom. The van der Waals surface area contributed by atoms with Crippen molar-refractivity contribution in [2.24, 2.45) is 11.3 Å². The zero-order chi connectivity index (χ0) is 41.3. The van der Waals surface area contributed by atoms with Gasteiger partial charge >= 0.3 is 0 Å². The number of pyridine rings is 2. The molecule has 0 saturated carbocycles. The first-order chi connectivity index (χ1) is 26.5. The van der Waals surface area contributed by atoms with Crippen LogP contribution in [0.15, 0.2) is 97.0 Å². The van der Waals surface area contributed by atoms with Crippen molar-refractivity contribution in [3.63, 3.8) is 0 Å². The Morgan fingerprint density at radius 3 is 1.71 bits per heavy atom. The number of rotatable bonds is 9. The molecule has 0 atom stereocenters. The van der Waals surface area contributed by atoms with Crippen LogP contribution in [-0.2, 0) is 24.9 Å². The van der Waals surface area contributed by atoms with Gasteiger partial charge in [0.2, 0.25) is 0 Å². The summed E-state index contributed by atoms with van der Waals surface area (Å²) in [6, 6.07) is 29.8. The van der Waals surface area contributed by atoms with Gasteiger partial charge in [-0.2, -0.15) is 0 Å². The van der Waals surface area contributed by atoms with Gasteiger partial charge in [-0.15, -0.1) is 69.8 Å². The summed E-state index contributed by atoms with van der Waals surface area (Å²) >= 11 is 0. The normalized spacial score (nSPS) is 11.9. The van der Waals surface area contributed by atoms with Crippen LogP contribution in [0.5, 0.6) is 0 Å². The van der Waals surface area contributed by atoms with Crippen LogP contribution in [0, 0.1) is 65.0 Å². The third-order valence-corrected chi connectivity index (χ3v) is 10.4. The fourth-order valence-electron chi connectivity index (χ4n) is 6.67. The number of allylic oxidation sites excluding steroid dienone is 2. The van der Waals surface area contributed by atoms with Gasteiger partial charge in [-0.3, -0.25) is 4.79 Å². The van der Waals surface area contributed by atoms with Crippen LogP contribution in [0.1, 0.15) is 96.4 Å². The Bertz CT molecular complexity index is 2320. The molecule has 2 heterocycles. The van der Waals surface area contributed by atoms with Crippen LogP contribution in [0.2, 0.25) is 0 Å². The molecule has 291 valence electrons. The van der Waals surface area contributed by atoms with Crippen molar-refractivity contribution in [3.05, 3.63) is 142 Å². The van der Waals surface area contributed by atoms with E-state index in [0.717, 1.165) is 81.2 Å². The summed E-state index contributed by atoms with van der Waals surface area (Å²) in [5.41, 5.74) is 10.4. The van der Waals surface area contributed by atoms with Gasteiger partial charge in [0.15, 0.2) is 5.78 Å². The van der Waals surface area contributed by atoms with Gasteiger partial charge in [0.25, 0.3) is 0 Å². The molecule has 0 amide bonds. The maximum Gasteiger partial charge on any atom is 0.162 e. The van der Waals surface area contributed by atoms with E-state index in [-0.39, 0.29) is 55.2 Å². The average molecular weight is 913 g/mol.